The van der Waals surface area contributed by atoms with Crippen LogP contribution in [0.5, 0.6) is 0 Å². The molecule has 0 radical (unpaired) electrons. The van der Waals surface area contributed by atoms with Crippen molar-refractivity contribution in [3.63, 3.8) is 0 Å². The maximum atomic E-state index is 11.3. The van der Waals surface area contributed by atoms with Crippen molar-refractivity contribution in [2.24, 2.45) is 0 Å². The van der Waals surface area contributed by atoms with Crippen molar-refractivity contribution < 1.29 is 18.1 Å². The highest BCUT2D eigenvalue weighted by Crippen LogP contribution is 2.23. The van der Waals surface area contributed by atoms with Gasteiger partial charge in [-0.2, -0.15) is 8.42 Å². The molecule has 0 aliphatic heterocycles. The quantitative estimate of drug-likeness (QED) is 0.245. The van der Waals surface area contributed by atoms with Gasteiger partial charge in [0.15, 0.2) is 0 Å². The van der Waals surface area contributed by atoms with Crippen molar-refractivity contribution in [1.29, 1.82) is 0 Å². The van der Waals surface area contributed by atoms with Gasteiger partial charge in [0.05, 0.1) is 5.60 Å². The Bertz CT molecular complexity index is 398. The van der Waals surface area contributed by atoms with E-state index in [0.717, 1.165) is 19.3 Å². The molecule has 0 aromatic heterocycles. The van der Waals surface area contributed by atoms with Gasteiger partial charge in [0.1, 0.15) is 5.25 Å². The summed E-state index contributed by atoms with van der Waals surface area (Å²) in [4.78, 5) is 0. The third-order valence-electron chi connectivity index (χ3n) is 4.97. The van der Waals surface area contributed by atoms with Gasteiger partial charge in [0, 0.05) is 0 Å². The molecule has 5 heteroatoms. The minimum absolute atomic E-state index is 0.320. The molecule has 25 heavy (non-hydrogen) atoms. The van der Waals surface area contributed by atoms with Crippen molar-refractivity contribution in [1.82, 2.24) is 0 Å². The van der Waals surface area contributed by atoms with E-state index in [1.54, 1.807) is 0 Å². The van der Waals surface area contributed by atoms with Crippen LogP contribution >= 0.6 is 0 Å². The molecule has 0 bridgehead atoms. The molecule has 0 aliphatic carbocycles. The molecule has 0 aromatic carbocycles. The van der Waals surface area contributed by atoms with Crippen LogP contribution in [0, 0.1) is 0 Å². The average Bonchev–Trinajstić information content (AvgIpc) is 2.48. The van der Waals surface area contributed by atoms with Crippen LogP contribution in [0.3, 0.4) is 0 Å². The molecule has 0 saturated carbocycles. The summed E-state index contributed by atoms with van der Waals surface area (Å²) >= 11 is 0. The van der Waals surface area contributed by atoms with Gasteiger partial charge in [-0.1, -0.05) is 96.8 Å². The molecule has 4 nitrogen and oxygen atoms in total. The van der Waals surface area contributed by atoms with Crippen LogP contribution in [0.15, 0.2) is 0 Å². The van der Waals surface area contributed by atoms with E-state index in [1.165, 1.54) is 84.5 Å². The fourth-order valence-electron chi connectivity index (χ4n) is 3.39. The van der Waals surface area contributed by atoms with E-state index in [9.17, 15) is 18.1 Å². The first-order chi connectivity index (χ1) is 11.7. The zero-order chi connectivity index (χ0) is 19.2. The Kier molecular flexibility index (Phi) is 13.9. The van der Waals surface area contributed by atoms with E-state index in [4.69, 9.17) is 0 Å². The Morgan fingerprint density at radius 1 is 0.720 bits per heavy atom. The first-order valence-corrected chi connectivity index (χ1v) is 11.9. The van der Waals surface area contributed by atoms with Crippen LogP contribution in [0.4, 0.5) is 0 Å². The molecule has 152 valence electrons. The SMILES string of the molecule is CCCCCCCCCCCCCCCCC(C(C)(C)O)S(=O)(=O)O. The zero-order valence-electron chi connectivity index (χ0n) is 16.8. The number of hydrogen-bond donors (Lipinski definition) is 2. The van der Waals surface area contributed by atoms with E-state index in [-0.39, 0.29) is 0 Å². The normalized spacial score (nSPS) is 14.0. The monoisotopic (exact) mass is 378 g/mol. The van der Waals surface area contributed by atoms with Gasteiger partial charge < -0.3 is 5.11 Å². The van der Waals surface area contributed by atoms with E-state index in [1.807, 2.05) is 0 Å². The van der Waals surface area contributed by atoms with Crippen LogP contribution in [0.1, 0.15) is 117 Å². The second-order valence-corrected chi connectivity index (χ2v) is 9.64. The molecular formula is C20H42O4S. The molecule has 0 heterocycles. The summed E-state index contributed by atoms with van der Waals surface area (Å²) in [6.07, 6.45) is 17.8. The van der Waals surface area contributed by atoms with Gasteiger partial charge >= 0.3 is 0 Å². The number of unbranched alkanes of at least 4 members (excludes halogenated alkanes) is 13. The Morgan fingerprint density at radius 2 is 1.04 bits per heavy atom. The standard InChI is InChI=1S/C20H42O4S/c1-4-5-6-7-8-9-10-11-12-13-14-15-16-17-18-19(20(2,3)21)25(22,23)24/h19,21H,4-18H2,1-3H3,(H,22,23,24). The van der Waals surface area contributed by atoms with Crippen molar-refractivity contribution in [3.8, 4) is 0 Å². The predicted molar refractivity (Wildman–Crippen MR) is 107 cm³/mol. The second kappa shape index (κ2) is 14.0. The van der Waals surface area contributed by atoms with Crippen LogP contribution in [-0.2, 0) is 10.1 Å². The van der Waals surface area contributed by atoms with E-state index in [2.05, 4.69) is 6.92 Å². The van der Waals surface area contributed by atoms with Gasteiger partial charge in [-0.05, 0) is 20.3 Å². The fourth-order valence-corrected chi connectivity index (χ4v) is 4.58. The lowest BCUT2D eigenvalue weighted by Crippen LogP contribution is -2.41. The number of aliphatic hydroxyl groups is 1. The minimum Gasteiger partial charge on any atom is -0.389 e. The van der Waals surface area contributed by atoms with Crippen molar-refractivity contribution in [3.05, 3.63) is 0 Å². The molecule has 0 saturated heterocycles. The van der Waals surface area contributed by atoms with Crippen LogP contribution in [0.2, 0.25) is 0 Å². The summed E-state index contributed by atoms with van der Waals surface area (Å²) in [7, 11) is -4.19. The molecule has 1 unspecified atom stereocenters. The Hall–Kier alpha value is -0.130. The van der Waals surface area contributed by atoms with E-state index >= 15 is 0 Å². The van der Waals surface area contributed by atoms with E-state index in [0.29, 0.717) is 6.42 Å². The average molecular weight is 379 g/mol. The Labute approximate surface area is 156 Å². The van der Waals surface area contributed by atoms with Crippen LogP contribution < -0.4 is 0 Å². The van der Waals surface area contributed by atoms with Crippen molar-refractivity contribution >= 4 is 10.1 Å². The van der Waals surface area contributed by atoms with Crippen LogP contribution in [0.25, 0.3) is 0 Å². The number of hydrogen-bond acceptors (Lipinski definition) is 3. The smallest absolute Gasteiger partial charge is 0.270 e. The highest BCUT2D eigenvalue weighted by Gasteiger charge is 2.36. The molecule has 0 spiro atoms. The molecule has 0 rings (SSSR count). The van der Waals surface area contributed by atoms with Gasteiger partial charge in [0.2, 0.25) is 0 Å². The molecule has 0 amide bonds. The first kappa shape index (κ1) is 24.9. The Balaban J connectivity index is 3.50. The largest absolute Gasteiger partial charge is 0.389 e. The molecule has 0 aromatic rings. The topological polar surface area (TPSA) is 74.6 Å². The van der Waals surface area contributed by atoms with Crippen molar-refractivity contribution in [2.45, 2.75) is 128 Å². The van der Waals surface area contributed by atoms with Gasteiger partial charge in [0.25, 0.3) is 10.1 Å². The summed E-state index contributed by atoms with van der Waals surface area (Å²) in [5.41, 5.74) is -1.40. The predicted octanol–water partition coefficient (Wildman–Crippen LogP) is 5.89. The molecule has 0 fully saturated rings. The molecular weight excluding hydrogens is 336 g/mol. The summed E-state index contributed by atoms with van der Waals surface area (Å²) in [5.74, 6) is 0. The van der Waals surface area contributed by atoms with Gasteiger partial charge in [-0.3, -0.25) is 4.55 Å². The fraction of sp³-hybridized carbons (Fsp3) is 1.00. The van der Waals surface area contributed by atoms with Crippen LogP contribution in [-0.4, -0.2) is 28.9 Å². The molecule has 1 atom stereocenters. The summed E-state index contributed by atoms with van der Waals surface area (Å²) < 4.78 is 31.9. The minimum atomic E-state index is -4.19. The first-order valence-electron chi connectivity index (χ1n) is 10.4. The van der Waals surface area contributed by atoms with Crippen molar-refractivity contribution in [2.75, 3.05) is 0 Å². The third-order valence-corrected chi connectivity index (χ3v) is 6.50. The lowest BCUT2D eigenvalue weighted by molar-refractivity contribution is 0.0690. The van der Waals surface area contributed by atoms with Gasteiger partial charge in [-0.15, -0.1) is 0 Å². The molecule has 0 aliphatic rings. The second-order valence-electron chi connectivity index (χ2n) is 8.04. The maximum absolute atomic E-state index is 11.3. The highest BCUT2D eigenvalue weighted by molar-refractivity contribution is 7.86. The summed E-state index contributed by atoms with van der Waals surface area (Å²) in [6, 6.07) is 0. The Morgan fingerprint density at radius 3 is 1.32 bits per heavy atom. The molecule has 2 N–H and O–H groups in total. The highest BCUT2D eigenvalue weighted by atomic mass is 32.2. The van der Waals surface area contributed by atoms with Gasteiger partial charge in [-0.25, -0.2) is 0 Å². The van der Waals surface area contributed by atoms with E-state index < -0.39 is 21.0 Å². The summed E-state index contributed by atoms with van der Waals surface area (Å²) in [6.45, 7) is 5.13. The number of rotatable bonds is 17. The third kappa shape index (κ3) is 14.7. The lowest BCUT2D eigenvalue weighted by Gasteiger charge is -2.26. The summed E-state index contributed by atoms with van der Waals surface area (Å²) in [5, 5.41) is 8.79. The maximum Gasteiger partial charge on any atom is 0.270 e. The zero-order valence-corrected chi connectivity index (χ0v) is 17.6. The lowest BCUT2D eigenvalue weighted by atomic mass is 9.98.